The molecule has 2 aliphatic carbocycles. The number of hydrogen-bond donors (Lipinski definition) is 1. The van der Waals surface area contributed by atoms with Crippen LogP contribution in [0, 0.1) is 60.2 Å². The number of halogens is 1. The number of fused-ring (bicyclic) bond motifs is 2. The number of nitriles is 2. The summed E-state index contributed by atoms with van der Waals surface area (Å²) in [5.74, 6) is 3.51. The monoisotopic (exact) mass is 646 g/mol. The largest absolute Gasteiger partial charge is 0.316 e. The molecule has 0 amide bonds. The van der Waals surface area contributed by atoms with Crippen molar-refractivity contribution in [2.24, 2.45) is 23.7 Å². The maximum atomic E-state index is 8.54. The Bertz CT molecular complexity index is 1240. The van der Waals surface area contributed by atoms with Gasteiger partial charge in [-0.25, -0.2) is 0 Å². The second-order valence-corrected chi connectivity index (χ2v) is 14.6. The Morgan fingerprint density at radius 2 is 1.26 bits per heavy atom. The molecule has 0 bridgehead atoms. The molecule has 0 aromatic heterocycles. The molecule has 4 atom stereocenters. The summed E-state index contributed by atoms with van der Waals surface area (Å²) in [5.41, 5.74) is 6.79. The van der Waals surface area contributed by atoms with Crippen molar-refractivity contribution in [1.82, 2.24) is 10.2 Å². The Morgan fingerprint density at radius 1 is 0.767 bits per heavy atom. The molecule has 4 fully saturated rings. The van der Waals surface area contributed by atoms with Crippen LogP contribution in [0.1, 0.15) is 88.9 Å². The smallest absolute Gasteiger partial charge is 0.0621 e. The van der Waals surface area contributed by atoms with Crippen LogP contribution in [0.15, 0.2) is 48.5 Å². The Hall–Kier alpha value is -2.18. The summed E-state index contributed by atoms with van der Waals surface area (Å²) >= 11 is 3.32. The van der Waals surface area contributed by atoms with Crippen molar-refractivity contribution in [3.05, 3.63) is 70.8 Å². The maximum absolute atomic E-state index is 8.54. The zero-order valence-electron chi connectivity index (χ0n) is 27.0. The Morgan fingerprint density at radius 3 is 1.72 bits per heavy atom. The zero-order chi connectivity index (χ0) is 30.9. The van der Waals surface area contributed by atoms with Gasteiger partial charge in [-0.05, 0) is 94.0 Å². The molecule has 234 valence electrons. The van der Waals surface area contributed by atoms with Crippen molar-refractivity contribution in [3.8, 4) is 12.1 Å². The average Bonchev–Trinajstić information content (AvgIpc) is 3.49. The number of alkyl halides is 1. The molecule has 4 aliphatic rings. The highest BCUT2D eigenvalue weighted by Crippen LogP contribution is 2.63. The normalized spacial score (nSPS) is 29.6. The fraction of sp³-hybridized carbons (Fsp3) is 0.632. The van der Waals surface area contributed by atoms with E-state index in [-0.39, 0.29) is 1.43 Å². The number of hydrogen-bond acceptors (Lipinski definition) is 4. The lowest BCUT2D eigenvalue weighted by molar-refractivity contribution is 0.271. The third-order valence-corrected chi connectivity index (χ3v) is 11.5. The molecule has 2 saturated heterocycles. The molecule has 0 radical (unpaired) electrons. The van der Waals surface area contributed by atoms with E-state index in [0.717, 1.165) is 48.3 Å². The molecule has 2 aromatic carbocycles. The predicted octanol–water partition coefficient (Wildman–Crippen LogP) is 8.71. The van der Waals surface area contributed by atoms with Crippen LogP contribution in [0.3, 0.4) is 0 Å². The third-order valence-electron chi connectivity index (χ3n) is 10.9. The molecule has 2 saturated carbocycles. The minimum absolute atomic E-state index is 0. The van der Waals surface area contributed by atoms with E-state index in [2.05, 4.69) is 115 Å². The number of nitrogens with one attached hydrogen (secondary N) is 1. The van der Waals surface area contributed by atoms with Gasteiger partial charge in [-0.3, -0.25) is 0 Å². The van der Waals surface area contributed by atoms with Crippen molar-refractivity contribution in [1.29, 1.82) is 10.5 Å². The third kappa shape index (κ3) is 8.11. The van der Waals surface area contributed by atoms with Crippen LogP contribution in [-0.4, -0.2) is 43.0 Å². The van der Waals surface area contributed by atoms with Crippen LogP contribution in [0.2, 0.25) is 0 Å². The quantitative estimate of drug-likeness (QED) is 0.196. The minimum atomic E-state index is 0. The van der Waals surface area contributed by atoms with E-state index < -0.39 is 0 Å². The van der Waals surface area contributed by atoms with E-state index >= 15 is 0 Å². The summed E-state index contributed by atoms with van der Waals surface area (Å²) in [7, 11) is 0. The standard InChI is InChI=1S/C19H26N2.C13H17N.C6H10BrN.H2/c1-15-8-7-9-16(12-15)19(2)17-13-21(14-18(17)19)11-6-4-3-5-10-20;1-9-4-3-5-10(6-9)13(2)11-7-14-8-12(11)13;7-5-3-1-2-4-6-8;/h7-9,12,17-18H,3-6,11,13-14H2,1-2H3;3-6,11-12,14H,7-8H2,1-2H3;1-5H2;1H. The molecular formula is C38H55BrN4. The van der Waals surface area contributed by atoms with Gasteiger partial charge in [-0.1, -0.05) is 102 Å². The van der Waals surface area contributed by atoms with Gasteiger partial charge in [-0.2, -0.15) is 10.5 Å². The summed E-state index contributed by atoms with van der Waals surface area (Å²) in [6.45, 7) is 15.5. The van der Waals surface area contributed by atoms with E-state index in [0.29, 0.717) is 17.3 Å². The maximum Gasteiger partial charge on any atom is 0.0621 e. The zero-order valence-corrected chi connectivity index (χ0v) is 28.6. The fourth-order valence-corrected chi connectivity index (χ4v) is 8.35. The van der Waals surface area contributed by atoms with Crippen molar-refractivity contribution in [2.75, 3.05) is 38.1 Å². The van der Waals surface area contributed by atoms with Gasteiger partial charge < -0.3 is 10.2 Å². The van der Waals surface area contributed by atoms with E-state index in [9.17, 15) is 0 Å². The molecule has 4 unspecified atom stereocenters. The van der Waals surface area contributed by atoms with Crippen LogP contribution >= 0.6 is 15.9 Å². The first kappa shape index (κ1) is 33.7. The molecule has 2 aliphatic heterocycles. The van der Waals surface area contributed by atoms with Crippen LogP contribution in [0.25, 0.3) is 0 Å². The highest BCUT2D eigenvalue weighted by Gasteiger charge is 2.65. The van der Waals surface area contributed by atoms with Crippen LogP contribution in [0.5, 0.6) is 0 Å². The molecule has 0 spiro atoms. The summed E-state index contributed by atoms with van der Waals surface area (Å²) in [5, 5.41) is 21.2. The highest BCUT2D eigenvalue weighted by molar-refractivity contribution is 9.09. The SMILES string of the molecule is Cc1cccc(C2(C)C3CN(CCCCCC#N)CC32)c1.Cc1cccc(C2(C)C3CNCC32)c1.N#CCCCCCBr.[HH]. The number of rotatable bonds is 11. The number of aryl methyl sites for hydroxylation is 2. The molecule has 2 heterocycles. The van der Waals surface area contributed by atoms with Gasteiger partial charge in [0.1, 0.15) is 0 Å². The number of likely N-dealkylation sites (tertiary alicyclic amines) is 1. The Balaban J connectivity index is 0.000000199. The van der Waals surface area contributed by atoms with Gasteiger partial charge in [0.05, 0.1) is 12.1 Å². The molecule has 43 heavy (non-hydrogen) atoms. The van der Waals surface area contributed by atoms with Gasteiger partial charge in [0.15, 0.2) is 0 Å². The lowest BCUT2D eigenvalue weighted by atomic mass is 9.91. The van der Waals surface area contributed by atoms with Crippen molar-refractivity contribution in [2.45, 2.75) is 89.9 Å². The summed E-state index contributed by atoms with van der Waals surface area (Å²) < 4.78 is 0. The number of benzene rings is 2. The number of unbranched alkanes of at least 4 members (excludes halogenated alkanes) is 6. The predicted molar refractivity (Wildman–Crippen MR) is 184 cm³/mol. The summed E-state index contributed by atoms with van der Waals surface area (Å²) in [6.07, 6.45) is 8.39. The van der Waals surface area contributed by atoms with E-state index in [1.54, 1.807) is 11.1 Å². The van der Waals surface area contributed by atoms with Crippen molar-refractivity contribution < 1.29 is 1.43 Å². The first-order valence-electron chi connectivity index (χ1n) is 16.7. The lowest BCUT2D eigenvalue weighted by Gasteiger charge is -2.24. The van der Waals surface area contributed by atoms with Gasteiger partial charge >= 0.3 is 0 Å². The Kier molecular flexibility index (Phi) is 12.3. The van der Waals surface area contributed by atoms with Gasteiger partial charge in [-0.15, -0.1) is 0 Å². The van der Waals surface area contributed by atoms with Crippen LogP contribution in [-0.2, 0) is 10.8 Å². The number of piperidine rings is 2. The van der Waals surface area contributed by atoms with Gasteiger partial charge in [0, 0.05) is 43.5 Å². The minimum Gasteiger partial charge on any atom is -0.316 e. The molecule has 4 nitrogen and oxygen atoms in total. The summed E-state index contributed by atoms with van der Waals surface area (Å²) in [6, 6.07) is 22.5. The van der Waals surface area contributed by atoms with Crippen molar-refractivity contribution >= 4 is 15.9 Å². The van der Waals surface area contributed by atoms with Gasteiger partial charge in [0.2, 0.25) is 0 Å². The average molecular weight is 648 g/mol. The van der Waals surface area contributed by atoms with Crippen LogP contribution < -0.4 is 5.32 Å². The van der Waals surface area contributed by atoms with Gasteiger partial charge in [0.25, 0.3) is 0 Å². The highest BCUT2D eigenvalue weighted by atomic mass is 79.9. The van der Waals surface area contributed by atoms with Crippen LogP contribution in [0.4, 0.5) is 0 Å². The lowest BCUT2D eigenvalue weighted by Crippen LogP contribution is -2.29. The number of nitrogens with zero attached hydrogens (tertiary/aromatic N) is 3. The van der Waals surface area contributed by atoms with E-state index in [1.807, 2.05) is 0 Å². The molecular weight excluding hydrogens is 592 g/mol. The second-order valence-electron chi connectivity index (χ2n) is 13.8. The fourth-order valence-electron chi connectivity index (χ4n) is 7.95. The first-order chi connectivity index (χ1) is 20.8. The Labute approximate surface area is 271 Å². The van der Waals surface area contributed by atoms with E-state index in [4.69, 9.17) is 10.5 Å². The second kappa shape index (κ2) is 15.7. The molecule has 5 heteroatoms. The summed E-state index contributed by atoms with van der Waals surface area (Å²) in [4.78, 5) is 2.64. The topological polar surface area (TPSA) is 62.9 Å². The van der Waals surface area contributed by atoms with E-state index in [1.165, 1.54) is 69.5 Å². The molecule has 6 rings (SSSR count). The van der Waals surface area contributed by atoms with Crippen molar-refractivity contribution in [3.63, 3.8) is 0 Å². The first-order valence-corrected chi connectivity index (χ1v) is 17.8. The molecule has 1 N–H and O–H groups in total. The molecule has 2 aromatic rings.